The van der Waals surface area contributed by atoms with Crippen LogP contribution in [0.5, 0.6) is 0 Å². The first-order chi connectivity index (χ1) is 8.92. The van der Waals surface area contributed by atoms with E-state index in [1.54, 1.807) is 0 Å². The summed E-state index contributed by atoms with van der Waals surface area (Å²) < 4.78 is 2.23. The van der Waals surface area contributed by atoms with Crippen LogP contribution in [0.2, 0.25) is 0 Å². The smallest absolute Gasteiger partial charge is 0.140 e. The third-order valence-electron chi connectivity index (χ3n) is 3.49. The Kier molecular flexibility index (Phi) is 1.92. The normalized spacial score (nSPS) is 13.1. The highest BCUT2D eigenvalue weighted by Crippen LogP contribution is 2.31. The van der Waals surface area contributed by atoms with Gasteiger partial charge in [0, 0.05) is 29.7 Å². The number of aromatic nitrogens is 1. The molecule has 2 aromatic carbocycles. The molecule has 2 nitrogen and oxygen atoms in total. The van der Waals surface area contributed by atoms with Gasteiger partial charge in [0.2, 0.25) is 0 Å². The fraction of sp³-hybridized carbons (Fsp3) is 0.0625. The lowest BCUT2D eigenvalue weighted by Gasteiger charge is -2.04. The Morgan fingerprint density at radius 2 is 1.78 bits per heavy atom. The van der Waals surface area contributed by atoms with Crippen LogP contribution in [0.4, 0.5) is 5.82 Å². The van der Waals surface area contributed by atoms with Crippen molar-refractivity contribution in [1.82, 2.24) is 4.57 Å². The predicted molar refractivity (Wildman–Crippen MR) is 74.7 cm³/mol. The lowest BCUT2D eigenvalue weighted by atomic mass is 10.1. The van der Waals surface area contributed by atoms with Gasteiger partial charge in [-0.15, -0.1) is 0 Å². The maximum Gasteiger partial charge on any atom is 0.140 e. The quantitative estimate of drug-likeness (QED) is 0.439. The van der Waals surface area contributed by atoms with Gasteiger partial charge in [0.25, 0.3) is 0 Å². The second-order valence-corrected chi connectivity index (χ2v) is 4.62. The van der Waals surface area contributed by atoms with Crippen LogP contribution in [0, 0.1) is 0 Å². The molecular weight excluding hydrogens is 220 g/mol. The highest BCUT2D eigenvalue weighted by atomic mass is 15.1. The Labute approximate surface area is 105 Å². The molecule has 0 aliphatic carbocycles. The van der Waals surface area contributed by atoms with Crippen LogP contribution in [0.15, 0.2) is 59.7 Å². The standard InChI is InChI=1S/C16H12N2/c1-2-6-13-10-18-11-14-7-3-4-8-15(14)16(18)17-9-12(13)5-1/h1-9,11H,10H2. The largest absolute Gasteiger partial charge is 0.327 e. The van der Waals surface area contributed by atoms with E-state index in [4.69, 9.17) is 0 Å². The van der Waals surface area contributed by atoms with Gasteiger partial charge >= 0.3 is 0 Å². The average Bonchev–Trinajstić information content (AvgIpc) is 2.65. The van der Waals surface area contributed by atoms with E-state index in [0.29, 0.717) is 0 Å². The molecule has 1 aliphatic rings. The molecule has 0 saturated carbocycles. The first-order valence-electron chi connectivity index (χ1n) is 6.12. The zero-order valence-corrected chi connectivity index (χ0v) is 9.88. The third-order valence-corrected chi connectivity index (χ3v) is 3.49. The lowest BCUT2D eigenvalue weighted by Crippen LogP contribution is -1.97. The lowest BCUT2D eigenvalue weighted by molar-refractivity contribution is 0.817. The van der Waals surface area contributed by atoms with Crippen molar-refractivity contribution in [2.75, 3.05) is 0 Å². The highest BCUT2D eigenvalue weighted by Gasteiger charge is 2.12. The Balaban J connectivity index is 2.00. The molecule has 86 valence electrons. The average molecular weight is 232 g/mol. The summed E-state index contributed by atoms with van der Waals surface area (Å²) in [6.07, 6.45) is 4.16. The molecule has 0 N–H and O–H groups in total. The van der Waals surface area contributed by atoms with Crippen molar-refractivity contribution in [3.05, 3.63) is 65.9 Å². The number of rotatable bonds is 0. The molecule has 2 heterocycles. The van der Waals surface area contributed by atoms with Gasteiger partial charge < -0.3 is 4.57 Å². The number of fused-ring (bicyclic) bond motifs is 4. The van der Waals surface area contributed by atoms with E-state index in [1.165, 1.54) is 21.9 Å². The molecule has 3 aromatic rings. The zero-order chi connectivity index (χ0) is 11.9. The summed E-state index contributed by atoms with van der Waals surface area (Å²) >= 11 is 0. The van der Waals surface area contributed by atoms with Gasteiger partial charge in [-0.25, -0.2) is 4.99 Å². The topological polar surface area (TPSA) is 17.3 Å². The third kappa shape index (κ3) is 1.32. The summed E-state index contributed by atoms with van der Waals surface area (Å²) in [5.41, 5.74) is 2.53. The minimum atomic E-state index is 0.889. The number of nitrogens with zero attached hydrogens (tertiary/aromatic N) is 2. The number of benzene rings is 2. The van der Waals surface area contributed by atoms with Crippen LogP contribution in [0.3, 0.4) is 0 Å². The summed E-state index contributed by atoms with van der Waals surface area (Å²) in [5.74, 6) is 1.06. The second-order valence-electron chi connectivity index (χ2n) is 4.62. The summed E-state index contributed by atoms with van der Waals surface area (Å²) in [6.45, 7) is 0.889. The number of hydrogen-bond donors (Lipinski definition) is 0. The van der Waals surface area contributed by atoms with Crippen LogP contribution in [-0.2, 0) is 6.54 Å². The monoisotopic (exact) mass is 232 g/mol. The van der Waals surface area contributed by atoms with Crippen LogP contribution in [-0.4, -0.2) is 10.8 Å². The molecule has 4 rings (SSSR count). The summed E-state index contributed by atoms with van der Waals surface area (Å²) in [7, 11) is 0. The van der Waals surface area contributed by atoms with Crippen molar-refractivity contribution >= 4 is 22.8 Å². The van der Waals surface area contributed by atoms with E-state index >= 15 is 0 Å². The van der Waals surface area contributed by atoms with E-state index in [2.05, 4.69) is 64.3 Å². The predicted octanol–water partition coefficient (Wildman–Crippen LogP) is 3.75. The SMILES string of the molecule is C1=Nc2c3ccccc3cn2Cc2ccccc21. The van der Waals surface area contributed by atoms with Crippen molar-refractivity contribution in [2.24, 2.45) is 4.99 Å². The number of hydrogen-bond acceptors (Lipinski definition) is 1. The Hall–Kier alpha value is -2.35. The Bertz CT molecular complexity index is 766. The van der Waals surface area contributed by atoms with E-state index < -0.39 is 0 Å². The Morgan fingerprint density at radius 1 is 0.944 bits per heavy atom. The first kappa shape index (κ1) is 9.66. The molecule has 2 heteroatoms. The van der Waals surface area contributed by atoms with Gasteiger partial charge in [-0.1, -0.05) is 48.5 Å². The van der Waals surface area contributed by atoms with E-state index in [1.807, 2.05) is 6.21 Å². The van der Waals surface area contributed by atoms with E-state index in [0.717, 1.165) is 12.4 Å². The van der Waals surface area contributed by atoms with Crippen molar-refractivity contribution in [2.45, 2.75) is 6.54 Å². The van der Waals surface area contributed by atoms with E-state index in [-0.39, 0.29) is 0 Å². The van der Waals surface area contributed by atoms with Gasteiger partial charge in [-0.3, -0.25) is 0 Å². The molecule has 0 unspecified atom stereocenters. The fourth-order valence-electron chi connectivity index (χ4n) is 2.58. The molecule has 0 atom stereocenters. The van der Waals surface area contributed by atoms with Gasteiger partial charge in [0.1, 0.15) is 5.82 Å². The highest BCUT2D eigenvalue weighted by molar-refractivity contribution is 5.96. The molecule has 0 fully saturated rings. The first-order valence-corrected chi connectivity index (χ1v) is 6.12. The van der Waals surface area contributed by atoms with Gasteiger partial charge in [0.05, 0.1) is 0 Å². The molecule has 0 saturated heterocycles. The number of aliphatic imine (C=N–C) groups is 1. The molecule has 1 aliphatic heterocycles. The summed E-state index contributed by atoms with van der Waals surface area (Å²) in [5, 5.41) is 2.48. The van der Waals surface area contributed by atoms with Gasteiger partial charge in [0.15, 0.2) is 0 Å². The maximum atomic E-state index is 4.65. The molecule has 0 spiro atoms. The minimum absolute atomic E-state index is 0.889. The van der Waals surface area contributed by atoms with Gasteiger partial charge in [-0.05, 0) is 11.1 Å². The molecular formula is C16H12N2. The van der Waals surface area contributed by atoms with Crippen LogP contribution >= 0.6 is 0 Å². The molecule has 18 heavy (non-hydrogen) atoms. The fourth-order valence-corrected chi connectivity index (χ4v) is 2.58. The molecule has 0 amide bonds. The van der Waals surface area contributed by atoms with Crippen LogP contribution < -0.4 is 0 Å². The molecule has 1 aromatic heterocycles. The summed E-state index contributed by atoms with van der Waals surface area (Å²) in [4.78, 5) is 4.65. The molecule has 0 bridgehead atoms. The van der Waals surface area contributed by atoms with E-state index in [9.17, 15) is 0 Å². The zero-order valence-electron chi connectivity index (χ0n) is 9.88. The maximum absolute atomic E-state index is 4.65. The Morgan fingerprint density at radius 3 is 2.78 bits per heavy atom. The van der Waals surface area contributed by atoms with Crippen molar-refractivity contribution in [3.63, 3.8) is 0 Å². The van der Waals surface area contributed by atoms with Gasteiger partial charge in [-0.2, -0.15) is 0 Å². The van der Waals surface area contributed by atoms with Crippen LogP contribution in [0.1, 0.15) is 11.1 Å². The van der Waals surface area contributed by atoms with Crippen LogP contribution in [0.25, 0.3) is 10.8 Å². The van der Waals surface area contributed by atoms with Crippen molar-refractivity contribution < 1.29 is 0 Å². The molecule has 0 radical (unpaired) electrons. The summed E-state index contributed by atoms with van der Waals surface area (Å²) in [6, 6.07) is 16.8. The van der Waals surface area contributed by atoms with Crippen molar-refractivity contribution in [3.8, 4) is 0 Å². The second kappa shape index (κ2) is 3.57. The van der Waals surface area contributed by atoms with Crippen molar-refractivity contribution in [1.29, 1.82) is 0 Å². The minimum Gasteiger partial charge on any atom is -0.327 e.